The first-order chi connectivity index (χ1) is 9.81. The fourth-order valence-corrected chi connectivity index (χ4v) is 4.80. The van der Waals surface area contributed by atoms with E-state index in [9.17, 15) is 13.2 Å². The molecule has 0 spiro atoms. The van der Waals surface area contributed by atoms with Crippen LogP contribution in [0.2, 0.25) is 0 Å². The summed E-state index contributed by atoms with van der Waals surface area (Å²) in [4.78, 5) is 11.1. The van der Waals surface area contributed by atoms with Crippen LogP contribution in [-0.4, -0.2) is 25.2 Å². The molecule has 0 saturated carbocycles. The zero-order chi connectivity index (χ0) is 15.6. The van der Waals surface area contributed by atoms with Gasteiger partial charge in [0.15, 0.2) is 9.84 Å². The number of thiophene rings is 1. The van der Waals surface area contributed by atoms with E-state index in [1.807, 2.05) is 16.8 Å². The van der Waals surface area contributed by atoms with Crippen molar-refractivity contribution in [1.82, 2.24) is 0 Å². The molecule has 4 nitrogen and oxygen atoms in total. The molecular formula is C14H13BrO4S2. The van der Waals surface area contributed by atoms with Crippen molar-refractivity contribution in [3.05, 3.63) is 50.1 Å². The zero-order valence-electron chi connectivity index (χ0n) is 11.2. The molecule has 21 heavy (non-hydrogen) atoms. The summed E-state index contributed by atoms with van der Waals surface area (Å²) in [6.45, 7) is 1.66. The maximum Gasteiger partial charge on any atom is 0.335 e. The number of carboxylic acids is 1. The van der Waals surface area contributed by atoms with Crippen LogP contribution in [0.15, 0.2) is 38.3 Å². The van der Waals surface area contributed by atoms with Gasteiger partial charge < -0.3 is 5.11 Å². The normalized spacial score (nSPS) is 11.5. The number of hydrogen-bond acceptors (Lipinski definition) is 4. The van der Waals surface area contributed by atoms with Gasteiger partial charge in [-0.25, -0.2) is 13.2 Å². The molecule has 0 aliphatic heterocycles. The molecule has 1 aromatic heterocycles. The molecule has 0 saturated heterocycles. The average molecular weight is 389 g/mol. The molecule has 0 amide bonds. The summed E-state index contributed by atoms with van der Waals surface area (Å²) in [5.41, 5.74) is 1.46. The number of aryl methyl sites for hydroxylation is 1. The zero-order valence-corrected chi connectivity index (χ0v) is 14.4. The van der Waals surface area contributed by atoms with E-state index >= 15 is 0 Å². The Morgan fingerprint density at radius 3 is 2.67 bits per heavy atom. The third kappa shape index (κ3) is 3.72. The van der Waals surface area contributed by atoms with E-state index in [0.717, 1.165) is 5.56 Å². The molecule has 7 heteroatoms. The summed E-state index contributed by atoms with van der Waals surface area (Å²) in [6, 6.07) is 4.53. The lowest BCUT2D eigenvalue weighted by Crippen LogP contribution is -2.12. The molecule has 0 atom stereocenters. The molecule has 0 fully saturated rings. The van der Waals surface area contributed by atoms with Gasteiger partial charge in [0.25, 0.3) is 0 Å². The van der Waals surface area contributed by atoms with Crippen LogP contribution < -0.4 is 0 Å². The van der Waals surface area contributed by atoms with Gasteiger partial charge in [-0.3, -0.25) is 0 Å². The van der Waals surface area contributed by atoms with Gasteiger partial charge >= 0.3 is 5.97 Å². The van der Waals surface area contributed by atoms with Gasteiger partial charge in [0, 0.05) is 4.47 Å². The number of sulfone groups is 1. The van der Waals surface area contributed by atoms with Gasteiger partial charge in [0.2, 0.25) is 0 Å². The van der Waals surface area contributed by atoms with Crippen LogP contribution in [0.25, 0.3) is 0 Å². The Bertz CT molecular complexity index is 765. The van der Waals surface area contributed by atoms with E-state index in [1.165, 1.54) is 23.5 Å². The number of hydrogen-bond donors (Lipinski definition) is 1. The lowest BCUT2D eigenvalue weighted by molar-refractivity contribution is 0.0696. The van der Waals surface area contributed by atoms with Crippen molar-refractivity contribution in [2.45, 2.75) is 18.2 Å². The predicted molar refractivity (Wildman–Crippen MR) is 85.9 cm³/mol. The lowest BCUT2D eigenvalue weighted by Gasteiger charge is -2.10. The van der Waals surface area contributed by atoms with Crippen LogP contribution in [0.4, 0.5) is 0 Å². The Hall–Kier alpha value is -1.18. The SMILES string of the molecule is Cc1c(Br)cc(C(=O)O)cc1S(=O)(=O)CCc1ccsc1. The van der Waals surface area contributed by atoms with E-state index in [0.29, 0.717) is 16.5 Å². The molecule has 0 bridgehead atoms. The number of halogens is 1. The summed E-state index contributed by atoms with van der Waals surface area (Å²) in [7, 11) is -3.53. The molecular weight excluding hydrogens is 376 g/mol. The smallest absolute Gasteiger partial charge is 0.335 e. The molecule has 2 aromatic rings. The molecule has 2 rings (SSSR count). The third-order valence-corrected chi connectivity index (χ3v) is 6.51. The monoisotopic (exact) mass is 388 g/mol. The maximum atomic E-state index is 12.5. The quantitative estimate of drug-likeness (QED) is 0.849. The van der Waals surface area contributed by atoms with Crippen molar-refractivity contribution in [1.29, 1.82) is 0 Å². The van der Waals surface area contributed by atoms with Crippen molar-refractivity contribution in [3.8, 4) is 0 Å². The van der Waals surface area contributed by atoms with Crippen molar-refractivity contribution < 1.29 is 18.3 Å². The fourth-order valence-electron chi connectivity index (χ4n) is 1.90. The number of aromatic carboxylic acids is 1. The molecule has 0 radical (unpaired) electrons. The highest BCUT2D eigenvalue weighted by Gasteiger charge is 2.21. The number of carboxylic acid groups (broad SMARTS) is 1. The molecule has 1 N–H and O–H groups in total. The summed E-state index contributed by atoms with van der Waals surface area (Å²) >= 11 is 4.74. The molecule has 0 unspecified atom stereocenters. The summed E-state index contributed by atoms with van der Waals surface area (Å²) in [6.07, 6.45) is 0.417. The Balaban J connectivity index is 2.37. The van der Waals surface area contributed by atoms with E-state index < -0.39 is 15.8 Å². The predicted octanol–water partition coefficient (Wildman–Crippen LogP) is 3.53. The standard InChI is InChI=1S/C14H13BrO4S2/c1-9-12(15)6-11(14(16)17)7-13(9)21(18,19)5-3-10-2-4-20-8-10/h2,4,6-8H,3,5H2,1H3,(H,16,17). The summed E-state index contributed by atoms with van der Waals surface area (Å²) in [5.74, 6) is -1.19. The highest BCUT2D eigenvalue weighted by molar-refractivity contribution is 9.10. The van der Waals surface area contributed by atoms with E-state index in [4.69, 9.17) is 5.11 Å². The van der Waals surface area contributed by atoms with Crippen LogP contribution in [0.3, 0.4) is 0 Å². The second-order valence-corrected chi connectivity index (χ2v) is 8.30. The topological polar surface area (TPSA) is 71.4 Å². The lowest BCUT2D eigenvalue weighted by atomic mass is 10.1. The number of benzene rings is 1. The van der Waals surface area contributed by atoms with Gasteiger partial charge in [-0.15, -0.1) is 0 Å². The van der Waals surface area contributed by atoms with Gasteiger partial charge in [-0.05, 0) is 53.4 Å². The Morgan fingerprint density at radius 1 is 1.38 bits per heavy atom. The van der Waals surface area contributed by atoms with Crippen molar-refractivity contribution >= 4 is 43.1 Å². The highest BCUT2D eigenvalue weighted by Crippen LogP contribution is 2.27. The number of carbonyl (C=O) groups is 1. The molecule has 1 heterocycles. The molecule has 0 aliphatic carbocycles. The summed E-state index contributed by atoms with van der Waals surface area (Å²) in [5, 5.41) is 12.9. The van der Waals surface area contributed by atoms with E-state index in [2.05, 4.69) is 15.9 Å². The Labute approximate surface area is 135 Å². The maximum absolute atomic E-state index is 12.5. The van der Waals surface area contributed by atoms with Crippen molar-refractivity contribution in [3.63, 3.8) is 0 Å². The van der Waals surface area contributed by atoms with Crippen molar-refractivity contribution in [2.24, 2.45) is 0 Å². The van der Waals surface area contributed by atoms with Crippen LogP contribution in [0.1, 0.15) is 21.5 Å². The number of rotatable bonds is 5. The molecule has 1 aromatic carbocycles. The first-order valence-corrected chi connectivity index (χ1v) is 9.47. The van der Waals surface area contributed by atoms with Gasteiger partial charge in [-0.2, -0.15) is 11.3 Å². The first-order valence-electron chi connectivity index (χ1n) is 6.08. The fraction of sp³-hybridized carbons (Fsp3) is 0.214. The van der Waals surface area contributed by atoms with Crippen LogP contribution in [-0.2, 0) is 16.3 Å². The molecule has 0 aliphatic rings. The van der Waals surface area contributed by atoms with Crippen molar-refractivity contribution in [2.75, 3.05) is 5.75 Å². The van der Waals surface area contributed by atoms with Crippen LogP contribution in [0, 0.1) is 6.92 Å². The van der Waals surface area contributed by atoms with Gasteiger partial charge in [0.05, 0.1) is 16.2 Å². The first kappa shape index (κ1) is 16.2. The largest absolute Gasteiger partial charge is 0.478 e. The Morgan fingerprint density at radius 2 is 2.10 bits per heavy atom. The minimum Gasteiger partial charge on any atom is -0.478 e. The average Bonchev–Trinajstić information content (AvgIpc) is 2.92. The van der Waals surface area contributed by atoms with Crippen LogP contribution >= 0.6 is 27.3 Å². The second-order valence-electron chi connectivity index (χ2n) is 4.59. The van der Waals surface area contributed by atoms with Gasteiger partial charge in [-0.1, -0.05) is 15.9 Å². The summed E-state index contributed by atoms with van der Waals surface area (Å²) < 4.78 is 25.4. The second kappa shape index (κ2) is 6.29. The van der Waals surface area contributed by atoms with E-state index in [1.54, 1.807) is 6.92 Å². The van der Waals surface area contributed by atoms with E-state index in [-0.39, 0.29) is 16.2 Å². The molecule has 112 valence electrons. The highest BCUT2D eigenvalue weighted by atomic mass is 79.9. The minimum atomic E-state index is -3.53. The van der Waals surface area contributed by atoms with Gasteiger partial charge in [0.1, 0.15) is 0 Å². The third-order valence-electron chi connectivity index (χ3n) is 3.12. The minimum absolute atomic E-state index is 0.0402. The van der Waals surface area contributed by atoms with Crippen LogP contribution in [0.5, 0.6) is 0 Å². The Kier molecular flexibility index (Phi) is 4.85.